The SMILES string of the molecule is CN=C(NCCCN1CCc2ccccc2C1)NCCc1ccccc1OC. The zero-order valence-electron chi connectivity index (χ0n) is 17.1. The molecule has 5 nitrogen and oxygen atoms in total. The summed E-state index contributed by atoms with van der Waals surface area (Å²) in [4.78, 5) is 6.87. The second-order valence-corrected chi connectivity index (χ2v) is 7.14. The van der Waals surface area contributed by atoms with Gasteiger partial charge in [0, 0.05) is 39.8 Å². The highest BCUT2D eigenvalue weighted by atomic mass is 16.5. The van der Waals surface area contributed by atoms with E-state index >= 15 is 0 Å². The summed E-state index contributed by atoms with van der Waals surface area (Å²) in [6.07, 6.45) is 3.17. The summed E-state index contributed by atoms with van der Waals surface area (Å²) in [5.74, 6) is 1.80. The Kier molecular flexibility index (Phi) is 7.73. The molecule has 1 heterocycles. The molecule has 150 valence electrons. The lowest BCUT2D eigenvalue weighted by Crippen LogP contribution is -2.40. The van der Waals surface area contributed by atoms with Crippen LogP contribution in [0.4, 0.5) is 0 Å². The van der Waals surface area contributed by atoms with E-state index in [0.29, 0.717) is 0 Å². The van der Waals surface area contributed by atoms with Gasteiger partial charge in [0.15, 0.2) is 5.96 Å². The minimum absolute atomic E-state index is 0.822. The Hall–Kier alpha value is -2.53. The molecule has 3 rings (SSSR count). The molecule has 1 aliphatic heterocycles. The van der Waals surface area contributed by atoms with Gasteiger partial charge < -0.3 is 15.4 Å². The first-order valence-corrected chi connectivity index (χ1v) is 10.2. The van der Waals surface area contributed by atoms with Gasteiger partial charge in [-0.1, -0.05) is 42.5 Å². The Balaban J connectivity index is 1.34. The molecule has 2 N–H and O–H groups in total. The maximum Gasteiger partial charge on any atom is 0.190 e. The van der Waals surface area contributed by atoms with Crippen molar-refractivity contribution >= 4 is 5.96 Å². The summed E-state index contributed by atoms with van der Waals surface area (Å²) < 4.78 is 5.41. The molecule has 5 heteroatoms. The number of fused-ring (bicyclic) bond motifs is 1. The van der Waals surface area contributed by atoms with Gasteiger partial charge in [-0.15, -0.1) is 0 Å². The van der Waals surface area contributed by atoms with Crippen LogP contribution < -0.4 is 15.4 Å². The third-order valence-electron chi connectivity index (χ3n) is 5.26. The van der Waals surface area contributed by atoms with E-state index in [1.807, 2.05) is 25.2 Å². The Morgan fingerprint density at radius 2 is 1.79 bits per heavy atom. The maximum absolute atomic E-state index is 5.41. The fourth-order valence-corrected chi connectivity index (χ4v) is 3.70. The number of aliphatic imine (C=N–C) groups is 1. The van der Waals surface area contributed by atoms with Gasteiger partial charge in [0.1, 0.15) is 5.75 Å². The molecule has 28 heavy (non-hydrogen) atoms. The fourth-order valence-electron chi connectivity index (χ4n) is 3.70. The van der Waals surface area contributed by atoms with Crippen molar-refractivity contribution in [3.8, 4) is 5.75 Å². The second-order valence-electron chi connectivity index (χ2n) is 7.14. The van der Waals surface area contributed by atoms with Crippen molar-refractivity contribution in [2.75, 3.05) is 40.3 Å². The highest BCUT2D eigenvalue weighted by Gasteiger charge is 2.14. The normalized spacial score (nSPS) is 14.4. The van der Waals surface area contributed by atoms with E-state index in [0.717, 1.165) is 63.7 Å². The quantitative estimate of drug-likeness (QED) is 0.420. The van der Waals surface area contributed by atoms with Crippen LogP contribution in [0.25, 0.3) is 0 Å². The number of para-hydroxylation sites is 1. The molecule has 0 radical (unpaired) electrons. The fraction of sp³-hybridized carbons (Fsp3) is 0.435. The first-order chi connectivity index (χ1) is 13.8. The number of hydrogen-bond donors (Lipinski definition) is 2. The van der Waals surface area contributed by atoms with Crippen LogP contribution in [0, 0.1) is 0 Å². The van der Waals surface area contributed by atoms with E-state index in [2.05, 4.69) is 50.9 Å². The number of rotatable bonds is 8. The number of hydrogen-bond acceptors (Lipinski definition) is 3. The summed E-state index contributed by atoms with van der Waals surface area (Å²) in [6.45, 7) is 5.08. The molecule has 0 bridgehead atoms. The first-order valence-electron chi connectivity index (χ1n) is 10.2. The molecule has 0 fully saturated rings. The Morgan fingerprint density at radius 1 is 1.04 bits per heavy atom. The van der Waals surface area contributed by atoms with Crippen LogP contribution in [0.1, 0.15) is 23.1 Å². The average molecular weight is 381 g/mol. The van der Waals surface area contributed by atoms with E-state index in [9.17, 15) is 0 Å². The lowest BCUT2D eigenvalue weighted by molar-refractivity contribution is 0.251. The molecular formula is C23H32N4O. The maximum atomic E-state index is 5.41. The van der Waals surface area contributed by atoms with Gasteiger partial charge in [0.25, 0.3) is 0 Å². The molecule has 0 atom stereocenters. The lowest BCUT2D eigenvalue weighted by Gasteiger charge is -2.28. The van der Waals surface area contributed by atoms with Gasteiger partial charge in [-0.25, -0.2) is 0 Å². The molecule has 0 aromatic heterocycles. The summed E-state index contributed by atoms with van der Waals surface area (Å²) in [5.41, 5.74) is 4.20. The molecule has 2 aromatic carbocycles. The number of ether oxygens (including phenoxy) is 1. The van der Waals surface area contributed by atoms with Gasteiger partial charge in [0.2, 0.25) is 0 Å². The smallest absolute Gasteiger partial charge is 0.190 e. The van der Waals surface area contributed by atoms with Crippen LogP contribution in [-0.4, -0.2) is 51.2 Å². The number of nitrogens with one attached hydrogen (secondary N) is 2. The van der Waals surface area contributed by atoms with Gasteiger partial charge in [-0.2, -0.15) is 0 Å². The van der Waals surface area contributed by atoms with Gasteiger partial charge in [-0.3, -0.25) is 9.89 Å². The van der Waals surface area contributed by atoms with E-state index in [4.69, 9.17) is 4.74 Å². The largest absolute Gasteiger partial charge is 0.496 e. The first kappa shape index (κ1) is 20.2. The Bertz CT molecular complexity index is 775. The van der Waals surface area contributed by atoms with Crippen LogP contribution in [0.3, 0.4) is 0 Å². The third-order valence-corrected chi connectivity index (χ3v) is 5.26. The van der Waals surface area contributed by atoms with Crippen LogP contribution in [0.15, 0.2) is 53.5 Å². The molecule has 0 unspecified atom stereocenters. The number of methoxy groups -OCH3 is 1. The predicted octanol–water partition coefficient (Wildman–Crippen LogP) is 2.85. The monoisotopic (exact) mass is 380 g/mol. The number of guanidine groups is 1. The minimum atomic E-state index is 0.822. The predicted molar refractivity (Wildman–Crippen MR) is 116 cm³/mol. The lowest BCUT2D eigenvalue weighted by atomic mass is 10.00. The molecule has 0 aliphatic carbocycles. The van der Waals surface area contributed by atoms with E-state index < -0.39 is 0 Å². The summed E-state index contributed by atoms with van der Waals surface area (Å²) in [7, 11) is 3.54. The van der Waals surface area contributed by atoms with Crippen molar-refractivity contribution in [1.29, 1.82) is 0 Å². The molecule has 1 aliphatic rings. The van der Waals surface area contributed by atoms with E-state index in [1.54, 1.807) is 7.11 Å². The zero-order chi connectivity index (χ0) is 19.6. The topological polar surface area (TPSA) is 48.9 Å². The van der Waals surface area contributed by atoms with Gasteiger partial charge in [-0.05, 0) is 42.0 Å². The second kappa shape index (κ2) is 10.7. The van der Waals surface area contributed by atoms with Crippen molar-refractivity contribution in [2.45, 2.75) is 25.8 Å². The molecule has 0 amide bonds. The highest BCUT2D eigenvalue weighted by molar-refractivity contribution is 5.79. The summed E-state index contributed by atoms with van der Waals surface area (Å²) in [5, 5.41) is 6.81. The molecule has 0 saturated carbocycles. The molecular weight excluding hydrogens is 348 g/mol. The van der Waals surface area contributed by atoms with Crippen molar-refractivity contribution in [2.24, 2.45) is 4.99 Å². The van der Waals surface area contributed by atoms with Crippen molar-refractivity contribution < 1.29 is 4.74 Å². The van der Waals surface area contributed by atoms with Crippen LogP contribution >= 0.6 is 0 Å². The van der Waals surface area contributed by atoms with Crippen LogP contribution in [0.5, 0.6) is 5.75 Å². The van der Waals surface area contributed by atoms with E-state index in [-0.39, 0.29) is 0 Å². The molecule has 2 aromatic rings. The van der Waals surface area contributed by atoms with E-state index in [1.165, 1.54) is 16.7 Å². The minimum Gasteiger partial charge on any atom is -0.496 e. The molecule has 0 spiro atoms. The average Bonchev–Trinajstić information content (AvgIpc) is 2.75. The Labute approximate surface area is 168 Å². The van der Waals surface area contributed by atoms with Gasteiger partial charge in [0.05, 0.1) is 7.11 Å². The molecule has 0 saturated heterocycles. The Morgan fingerprint density at radius 3 is 2.61 bits per heavy atom. The number of nitrogens with zero attached hydrogens (tertiary/aromatic N) is 2. The highest BCUT2D eigenvalue weighted by Crippen LogP contribution is 2.18. The summed E-state index contributed by atoms with van der Waals surface area (Å²) in [6, 6.07) is 17.0. The number of benzene rings is 2. The van der Waals surface area contributed by atoms with Crippen LogP contribution in [0.2, 0.25) is 0 Å². The zero-order valence-corrected chi connectivity index (χ0v) is 17.1. The van der Waals surface area contributed by atoms with Gasteiger partial charge >= 0.3 is 0 Å². The van der Waals surface area contributed by atoms with Crippen molar-refractivity contribution in [3.63, 3.8) is 0 Å². The standard InChI is InChI=1S/C23H32N4O/c1-24-23(26-15-12-20-9-5-6-11-22(20)28-2)25-14-7-16-27-17-13-19-8-3-4-10-21(19)18-27/h3-6,8-11H,7,12-18H2,1-2H3,(H2,24,25,26). The van der Waals surface area contributed by atoms with Crippen LogP contribution in [-0.2, 0) is 19.4 Å². The van der Waals surface area contributed by atoms with Crippen molar-refractivity contribution in [1.82, 2.24) is 15.5 Å². The third kappa shape index (κ3) is 5.73. The summed E-state index contributed by atoms with van der Waals surface area (Å²) >= 11 is 0. The van der Waals surface area contributed by atoms with Crippen molar-refractivity contribution in [3.05, 3.63) is 65.2 Å².